The lowest BCUT2D eigenvalue weighted by atomic mass is 9.93. The van der Waals surface area contributed by atoms with Crippen molar-refractivity contribution in [1.82, 2.24) is 15.5 Å². The smallest absolute Gasteiger partial charge is 0.223 e. The molecule has 2 aromatic heterocycles. The first kappa shape index (κ1) is 14.8. The van der Waals surface area contributed by atoms with Crippen molar-refractivity contribution in [1.29, 1.82) is 0 Å². The SMILES string of the molecule is Cc1nc(C(C)NCc2cc(C(C)(C)C)oc2C)no1. The third-order valence-corrected chi connectivity index (χ3v) is 3.29. The minimum atomic E-state index is 0.0272. The van der Waals surface area contributed by atoms with E-state index >= 15 is 0 Å². The van der Waals surface area contributed by atoms with Crippen molar-refractivity contribution >= 4 is 0 Å². The molecule has 1 atom stereocenters. The van der Waals surface area contributed by atoms with Gasteiger partial charge in [0.15, 0.2) is 5.82 Å². The van der Waals surface area contributed by atoms with Crippen molar-refractivity contribution < 1.29 is 8.94 Å². The molecule has 0 radical (unpaired) electrons. The van der Waals surface area contributed by atoms with Gasteiger partial charge >= 0.3 is 0 Å². The molecule has 2 aromatic rings. The number of furan rings is 1. The predicted octanol–water partition coefficient (Wildman–Crippen LogP) is 3.43. The summed E-state index contributed by atoms with van der Waals surface area (Å²) >= 11 is 0. The molecular formula is C15H23N3O2. The van der Waals surface area contributed by atoms with Crippen molar-refractivity contribution in [2.45, 2.75) is 59.5 Å². The zero-order valence-electron chi connectivity index (χ0n) is 13.1. The Labute approximate surface area is 119 Å². The highest BCUT2D eigenvalue weighted by Crippen LogP contribution is 2.27. The number of nitrogens with one attached hydrogen (secondary N) is 1. The minimum Gasteiger partial charge on any atom is -0.465 e. The van der Waals surface area contributed by atoms with Gasteiger partial charge in [0.25, 0.3) is 0 Å². The van der Waals surface area contributed by atoms with Crippen LogP contribution in [-0.2, 0) is 12.0 Å². The summed E-state index contributed by atoms with van der Waals surface area (Å²) in [4.78, 5) is 4.23. The van der Waals surface area contributed by atoms with Gasteiger partial charge in [-0.1, -0.05) is 25.9 Å². The normalized spacial score (nSPS) is 13.7. The Hall–Kier alpha value is -1.62. The maximum atomic E-state index is 5.83. The Bertz CT molecular complexity index is 578. The van der Waals surface area contributed by atoms with E-state index in [1.165, 1.54) is 5.56 Å². The first-order valence-electron chi connectivity index (χ1n) is 6.90. The molecule has 0 fully saturated rings. The lowest BCUT2D eigenvalue weighted by Crippen LogP contribution is -2.19. The molecule has 2 heterocycles. The molecule has 0 saturated heterocycles. The summed E-state index contributed by atoms with van der Waals surface area (Å²) < 4.78 is 10.8. The molecule has 0 aliphatic rings. The molecule has 20 heavy (non-hydrogen) atoms. The van der Waals surface area contributed by atoms with Crippen LogP contribution in [0.3, 0.4) is 0 Å². The Kier molecular flexibility index (Phi) is 3.99. The second-order valence-corrected chi connectivity index (χ2v) is 6.22. The molecule has 0 aromatic carbocycles. The third-order valence-electron chi connectivity index (χ3n) is 3.29. The van der Waals surface area contributed by atoms with Crippen LogP contribution in [0.15, 0.2) is 15.0 Å². The quantitative estimate of drug-likeness (QED) is 0.927. The topological polar surface area (TPSA) is 64.1 Å². The van der Waals surface area contributed by atoms with Crippen LogP contribution in [0.25, 0.3) is 0 Å². The lowest BCUT2D eigenvalue weighted by Gasteiger charge is -2.13. The van der Waals surface area contributed by atoms with E-state index in [-0.39, 0.29) is 11.5 Å². The van der Waals surface area contributed by atoms with Crippen LogP contribution in [0.2, 0.25) is 0 Å². The standard InChI is InChI=1S/C15H23N3O2/c1-9(14-17-11(3)20-18-14)16-8-12-7-13(15(4,5)6)19-10(12)2/h7,9,16H,8H2,1-6H3. The minimum absolute atomic E-state index is 0.0272. The average molecular weight is 277 g/mol. The summed E-state index contributed by atoms with van der Waals surface area (Å²) in [6, 6.07) is 2.16. The maximum Gasteiger partial charge on any atom is 0.223 e. The van der Waals surface area contributed by atoms with Gasteiger partial charge in [0, 0.05) is 24.4 Å². The fraction of sp³-hybridized carbons (Fsp3) is 0.600. The third kappa shape index (κ3) is 3.28. The fourth-order valence-corrected chi connectivity index (χ4v) is 1.91. The molecule has 0 amide bonds. The molecule has 5 nitrogen and oxygen atoms in total. The fourth-order valence-electron chi connectivity index (χ4n) is 1.91. The van der Waals surface area contributed by atoms with Gasteiger partial charge in [-0.25, -0.2) is 0 Å². The molecule has 5 heteroatoms. The van der Waals surface area contributed by atoms with Crippen LogP contribution in [-0.4, -0.2) is 10.1 Å². The summed E-state index contributed by atoms with van der Waals surface area (Å²) in [6.07, 6.45) is 0. The monoisotopic (exact) mass is 277 g/mol. The molecule has 110 valence electrons. The van der Waals surface area contributed by atoms with E-state index in [9.17, 15) is 0 Å². The molecule has 0 aliphatic heterocycles. The van der Waals surface area contributed by atoms with Gasteiger partial charge in [-0.15, -0.1) is 0 Å². The van der Waals surface area contributed by atoms with E-state index in [4.69, 9.17) is 8.94 Å². The zero-order chi connectivity index (χ0) is 14.9. The summed E-state index contributed by atoms with van der Waals surface area (Å²) in [5, 5.41) is 7.31. The van der Waals surface area contributed by atoms with Crippen LogP contribution in [0.4, 0.5) is 0 Å². The van der Waals surface area contributed by atoms with Gasteiger partial charge in [0.2, 0.25) is 5.89 Å². The highest BCUT2D eigenvalue weighted by molar-refractivity contribution is 5.24. The van der Waals surface area contributed by atoms with Crippen molar-refractivity contribution in [3.63, 3.8) is 0 Å². The average Bonchev–Trinajstić information content (AvgIpc) is 2.92. The van der Waals surface area contributed by atoms with Crippen molar-refractivity contribution in [3.05, 3.63) is 34.9 Å². The van der Waals surface area contributed by atoms with Crippen LogP contribution < -0.4 is 5.32 Å². The molecule has 0 bridgehead atoms. The maximum absolute atomic E-state index is 5.83. The molecule has 1 N–H and O–H groups in total. The van der Waals surface area contributed by atoms with Gasteiger partial charge in [-0.05, 0) is 19.9 Å². The largest absolute Gasteiger partial charge is 0.465 e. The summed E-state index contributed by atoms with van der Waals surface area (Å²) in [5.41, 5.74) is 1.20. The van der Waals surface area contributed by atoms with E-state index < -0.39 is 0 Å². The highest BCUT2D eigenvalue weighted by atomic mass is 16.5. The van der Waals surface area contributed by atoms with Gasteiger partial charge < -0.3 is 14.3 Å². The van der Waals surface area contributed by atoms with Gasteiger partial charge in [0.05, 0.1) is 6.04 Å². The number of hydrogen-bond donors (Lipinski definition) is 1. The highest BCUT2D eigenvalue weighted by Gasteiger charge is 2.20. The number of aromatic nitrogens is 2. The Morgan fingerprint density at radius 1 is 1.30 bits per heavy atom. The predicted molar refractivity (Wildman–Crippen MR) is 76.4 cm³/mol. The Morgan fingerprint density at radius 3 is 2.50 bits per heavy atom. The van der Waals surface area contributed by atoms with E-state index in [1.54, 1.807) is 6.92 Å². The second-order valence-electron chi connectivity index (χ2n) is 6.22. The molecule has 0 spiro atoms. The van der Waals surface area contributed by atoms with Crippen molar-refractivity contribution in [2.24, 2.45) is 0 Å². The van der Waals surface area contributed by atoms with Crippen molar-refractivity contribution in [3.8, 4) is 0 Å². The number of aryl methyl sites for hydroxylation is 2. The van der Waals surface area contributed by atoms with Crippen LogP contribution >= 0.6 is 0 Å². The van der Waals surface area contributed by atoms with Gasteiger partial charge in [0.1, 0.15) is 11.5 Å². The van der Waals surface area contributed by atoms with Crippen molar-refractivity contribution in [2.75, 3.05) is 0 Å². The summed E-state index contributed by atoms with van der Waals surface area (Å²) in [6.45, 7) is 13.0. The van der Waals surface area contributed by atoms with Gasteiger partial charge in [-0.2, -0.15) is 4.98 Å². The van der Waals surface area contributed by atoms with Crippen LogP contribution in [0.5, 0.6) is 0 Å². The summed E-state index contributed by atoms with van der Waals surface area (Å²) in [7, 11) is 0. The molecule has 2 rings (SSSR count). The lowest BCUT2D eigenvalue weighted by molar-refractivity contribution is 0.378. The molecular weight excluding hydrogens is 254 g/mol. The van der Waals surface area contributed by atoms with E-state index in [1.807, 2.05) is 13.8 Å². The first-order valence-corrected chi connectivity index (χ1v) is 6.90. The Morgan fingerprint density at radius 2 is 2.00 bits per heavy atom. The number of hydrogen-bond acceptors (Lipinski definition) is 5. The molecule has 0 aliphatic carbocycles. The second kappa shape index (κ2) is 5.40. The van der Waals surface area contributed by atoms with Crippen LogP contribution in [0, 0.1) is 13.8 Å². The Balaban J connectivity index is 2.02. The molecule has 0 saturated carbocycles. The van der Waals surface area contributed by atoms with E-state index in [0.29, 0.717) is 11.7 Å². The number of nitrogens with zero attached hydrogens (tertiary/aromatic N) is 2. The van der Waals surface area contributed by atoms with Crippen LogP contribution in [0.1, 0.15) is 62.5 Å². The van der Waals surface area contributed by atoms with Gasteiger partial charge in [-0.3, -0.25) is 0 Å². The zero-order valence-corrected chi connectivity index (χ0v) is 13.1. The molecule has 1 unspecified atom stereocenters. The van der Waals surface area contributed by atoms with E-state index in [2.05, 4.69) is 42.3 Å². The summed E-state index contributed by atoms with van der Waals surface area (Å²) in [5.74, 6) is 3.23. The first-order chi connectivity index (χ1) is 9.27. The number of rotatable bonds is 4. The van der Waals surface area contributed by atoms with E-state index in [0.717, 1.165) is 18.1 Å².